The van der Waals surface area contributed by atoms with Crippen LogP contribution in [0.4, 0.5) is 0 Å². The molecule has 0 radical (unpaired) electrons. The van der Waals surface area contributed by atoms with Crippen LogP contribution < -0.4 is 0 Å². The van der Waals surface area contributed by atoms with E-state index in [1.165, 1.54) is 5.56 Å². The van der Waals surface area contributed by atoms with Crippen LogP contribution in [-0.2, 0) is 11.2 Å². The highest BCUT2D eigenvalue weighted by atomic mass is 16.2. The van der Waals surface area contributed by atoms with Crippen LogP contribution >= 0.6 is 0 Å². The lowest BCUT2D eigenvalue weighted by Crippen LogP contribution is -2.40. The van der Waals surface area contributed by atoms with E-state index < -0.39 is 0 Å². The number of benzene rings is 1. The van der Waals surface area contributed by atoms with E-state index in [1.807, 2.05) is 36.9 Å². The van der Waals surface area contributed by atoms with Gasteiger partial charge in [-0.3, -0.25) is 4.79 Å². The number of hydrogen-bond acceptors (Lipinski definition) is 1. The topological polar surface area (TPSA) is 20.3 Å². The molecule has 0 saturated heterocycles. The number of carbonyl (C=O) groups excluding carboxylic acids is 1. The monoisotopic (exact) mass is 233 g/mol. The highest BCUT2D eigenvalue weighted by Crippen LogP contribution is 2.09. The first-order valence-corrected chi connectivity index (χ1v) is 6.36. The largest absolute Gasteiger partial charge is 0.340 e. The molecule has 1 aromatic rings. The number of rotatable bonds is 5. The summed E-state index contributed by atoms with van der Waals surface area (Å²) in [6, 6.07) is 10.6. The average Bonchev–Trinajstić information content (AvgIpc) is 2.29. The van der Waals surface area contributed by atoms with Crippen molar-refractivity contribution in [3.63, 3.8) is 0 Å². The molecule has 0 aliphatic rings. The molecule has 0 bridgehead atoms. The Hall–Kier alpha value is -1.31. The maximum absolute atomic E-state index is 12.0. The van der Waals surface area contributed by atoms with Crippen molar-refractivity contribution in [2.24, 2.45) is 5.92 Å². The highest BCUT2D eigenvalue weighted by molar-refractivity contribution is 5.78. The smallest absolute Gasteiger partial charge is 0.225 e. The summed E-state index contributed by atoms with van der Waals surface area (Å²) in [5, 5.41) is 0. The van der Waals surface area contributed by atoms with Crippen molar-refractivity contribution in [3.05, 3.63) is 35.9 Å². The van der Waals surface area contributed by atoms with Crippen LogP contribution in [-0.4, -0.2) is 23.4 Å². The van der Waals surface area contributed by atoms with Crippen LogP contribution in [0, 0.1) is 5.92 Å². The molecule has 0 saturated carbocycles. The van der Waals surface area contributed by atoms with Gasteiger partial charge >= 0.3 is 0 Å². The predicted octanol–water partition coefficient (Wildman–Crippen LogP) is 3.12. The number of amides is 1. The van der Waals surface area contributed by atoms with Crippen LogP contribution in [0.3, 0.4) is 0 Å². The van der Waals surface area contributed by atoms with E-state index in [0.29, 0.717) is 0 Å². The molecule has 0 spiro atoms. The quantitative estimate of drug-likeness (QED) is 0.765. The molecule has 0 aliphatic heterocycles. The fourth-order valence-corrected chi connectivity index (χ4v) is 1.85. The van der Waals surface area contributed by atoms with Crippen LogP contribution in [0.15, 0.2) is 30.3 Å². The second-order valence-electron chi connectivity index (χ2n) is 5.02. The molecule has 0 atom stereocenters. The van der Waals surface area contributed by atoms with Crippen molar-refractivity contribution in [3.8, 4) is 0 Å². The molecule has 0 unspecified atom stereocenters. The minimum atomic E-state index is 0.0770. The van der Waals surface area contributed by atoms with Crippen LogP contribution in [0.5, 0.6) is 0 Å². The summed E-state index contributed by atoms with van der Waals surface area (Å²) in [5.74, 6) is 0.323. The Labute approximate surface area is 105 Å². The summed E-state index contributed by atoms with van der Waals surface area (Å²) in [7, 11) is 0. The van der Waals surface area contributed by atoms with Crippen molar-refractivity contribution in [1.29, 1.82) is 0 Å². The maximum Gasteiger partial charge on any atom is 0.225 e. The molecule has 17 heavy (non-hydrogen) atoms. The third kappa shape index (κ3) is 4.22. The summed E-state index contributed by atoms with van der Waals surface area (Å²) >= 11 is 0. The van der Waals surface area contributed by atoms with E-state index in [9.17, 15) is 4.79 Å². The van der Waals surface area contributed by atoms with E-state index >= 15 is 0 Å². The van der Waals surface area contributed by atoms with Crippen molar-refractivity contribution in [2.45, 2.75) is 40.2 Å². The Bertz CT molecular complexity index is 343. The lowest BCUT2D eigenvalue weighted by molar-refractivity contribution is -0.136. The minimum Gasteiger partial charge on any atom is -0.340 e. The zero-order chi connectivity index (χ0) is 12.8. The number of carbonyl (C=O) groups is 1. The molecule has 0 aromatic heterocycles. The molecule has 1 amide bonds. The lowest BCUT2D eigenvalue weighted by atomic mass is 10.1. The van der Waals surface area contributed by atoms with Gasteiger partial charge in [-0.25, -0.2) is 0 Å². The zero-order valence-electron chi connectivity index (χ0n) is 11.3. The van der Waals surface area contributed by atoms with Crippen LogP contribution in [0.1, 0.15) is 33.3 Å². The molecule has 2 heteroatoms. The first kappa shape index (κ1) is 13.8. The van der Waals surface area contributed by atoms with Gasteiger partial charge in [0.2, 0.25) is 5.91 Å². The Kier molecular flexibility index (Phi) is 5.20. The average molecular weight is 233 g/mol. The minimum absolute atomic E-state index is 0.0770. The maximum atomic E-state index is 12.0. The molecule has 94 valence electrons. The van der Waals surface area contributed by atoms with Crippen molar-refractivity contribution < 1.29 is 4.79 Å². The normalized spacial score (nSPS) is 10.9. The van der Waals surface area contributed by atoms with E-state index in [0.717, 1.165) is 13.0 Å². The molecular formula is C15H23NO. The summed E-state index contributed by atoms with van der Waals surface area (Å²) in [6.45, 7) is 8.87. The van der Waals surface area contributed by atoms with E-state index in [1.54, 1.807) is 0 Å². The van der Waals surface area contributed by atoms with Crippen molar-refractivity contribution >= 4 is 5.91 Å². The van der Waals surface area contributed by atoms with E-state index in [2.05, 4.69) is 26.0 Å². The Morgan fingerprint density at radius 3 is 2.18 bits per heavy atom. The third-order valence-corrected chi connectivity index (χ3v) is 2.88. The first-order chi connectivity index (χ1) is 8.02. The van der Waals surface area contributed by atoms with Gasteiger partial charge in [-0.1, -0.05) is 44.2 Å². The van der Waals surface area contributed by atoms with Gasteiger partial charge in [-0.05, 0) is 25.8 Å². The molecule has 0 aliphatic carbocycles. The Morgan fingerprint density at radius 1 is 1.12 bits per heavy atom. The highest BCUT2D eigenvalue weighted by Gasteiger charge is 2.19. The molecule has 0 heterocycles. The van der Waals surface area contributed by atoms with Gasteiger partial charge in [-0.15, -0.1) is 0 Å². The summed E-state index contributed by atoms with van der Waals surface area (Å²) in [4.78, 5) is 14.0. The number of nitrogens with zero attached hydrogens (tertiary/aromatic N) is 1. The molecule has 2 nitrogen and oxygen atoms in total. The second kappa shape index (κ2) is 6.43. The molecule has 1 rings (SSSR count). The molecule has 0 N–H and O–H groups in total. The number of hydrogen-bond donors (Lipinski definition) is 0. The molecule has 0 fully saturated rings. The van der Waals surface area contributed by atoms with Crippen LogP contribution in [0.25, 0.3) is 0 Å². The molecule has 1 aromatic carbocycles. The zero-order valence-corrected chi connectivity index (χ0v) is 11.3. The summed E-state index contributed by atoms with van der Waals surface area (Å²) in [5.41, 5.74) is 1.29. The predicted molar refractivity (Wildman–Crippen MR) is 71.8 cm³/mol. The van der Waals surface area contributed by atoms with Crippen molar-refractivity contribution in [1.82, 2.24) is 4.90 Å². The fourth-order valence-electron chi connectivity index (χ4n) is 1.85. The van der Waals surface area contributed by atoms with Gasteiger partial charge in [0.1, 0.15) is 0 Å². The fraction of sp³-hybridized carbons (Fsp3) is 0.533. The Balaban J connectivity index is 2.60. The van der Waals surface area contributed by atoms with Gasteiger partial charge in [0.25, 0.3) is 0 Å². The van der Waals surface area contributed by atoms with Crippen LogP contribution in [0.2, 0.25) is 0 Å². The summed E-state index contributed by atoms with van der Waals surface area (Å²) in [6.07, 6.45) is 0.928. The van der Waals surface area contributed by atoms with Gasteiger partial charge in [0.05, 0.1) is 0 Å². The van der Waals surface area contributed by atoms with Gasteiger partial charge in [0.15, 0.2) is 0 Å². The van der Waals surface area contributed by atoms with Gasteiger partial charge in [0, 0.05) is 18.5 Å². The SMILES string of the molecule is CC(C)C(=O)N(CCc1ccccc1)C(C)C. The first-order valence-electron chi connectivity index (χ1n) is 6.36. The van der Waals surface area contributed by atoms with Crippen molar-refractivity contribution in [2.75, 3.05) is 6.54 Å². The molecular weight excluding hydrogens is 210 g/mol. The standard InChI is InChI=1S/C15H23NO/c1-12(2)15(17)16(13(3)4)11-10-14-8-6-5-7-9-14/h5-9,12-13H,10-11H2,1-4H3. The van der Waals surface area contributed by atoms with E-state index in [-0.39, 0.29) is 17.9 Å². The second-order valence-corrected chi connectivity index (χ2v) is 5.02. The summed E-state index contributed by atoms with van der Waals surface area (Å²) < 4.78 is 0. The Morgan fingerprint density at radius 2 is 1.71 bits per heavy atom. The van der Waals surface area contributed by atoms with Gasteiger partial charge in [-0.2, -0.15) is 0 Å². The third-order valence-electron chi connectivity index (χ3n) is 2.88. The van der Waals surface area contributed by atoms with Gasteiger partial charge < -0.3 is 4.90 Å². The van der Waals surface area contributed by atoms with E-state index in [4.69, 9.17) is 0 Å². The lowest BCUT2D eigenvalue weighted by Gasteiger charge is -2.28.